The molecule has 0 unspecified atom stereocenters. The van der Waals surface area contributed by atoms with Crippen LogP contribution < -0.4 is 0 Å². The van der Waals surface area contributed by atoms with E-state index in [2.05, 4.69) is 0 Å². The summed E-state index contributed by atoms with van der Waals surface area (Å²) >= 11 is 0.439. The highest BCUT2D eigenvalue weighted by molar-refractivity contribution is 7.99. The first-order chi connectivity index (χ1) is 9.10. The minimum Gasteiger partial charge on any atom is -0.298 e. The van der Waals surface area contributed by atoms with Gasteiger partial charge in [-0.05, 0) is 23.8 Å². The van der Waals surface area contributed by atoms with Gasteiger partial charge in [-0.1, -0.05) is 36.0 Å². The quantitative estimate of drug-likeness (QED) is 0.601. The fraction of sp³-hybridized carbons (Fsp3) is 0.0714. The van der Waals surface area contributed by atoms with Crippen molar-refractivity contribution >= 4 is 18.0 Å². The molecule has 0 amide bonds. The fourth-order valence-corrected chi connectivity index (χ4v) is 2.15. The van der Waals surface area contributed by atoms with Gasteiger partial charge in [-0.25, -0.2) is 4.39 Å². The van der Waals surface area contributed by atoms with Gasteiger partial charge in [0.15, 0.2) is 0 Å². The van der Waals surface area contributed by atoms with Crippen LogP contribution >= 0.6 is 11.8 Å². The third-order valence-corrected chi connectivity index (χ3v) is 3.24. The van der Waals surface area contributed by atoms with Crippen molar-refractivity contribution in [3.05, 3.63) is 53.8 Å². The number of aldehydes is 1. The van der Waals surface area contributed by atoms with E-state index < -0.39 is 11.6 Å². The average Bonchev–Trinajstić information content (AvgIpc) is 2.39. The zero-order valence-corrected chi connectivity index (χ0v) is 10.5. The van der Waals surface area contributed by atoms with Gasteiger partial charge < -0.3 is 0 Å². The van der Waals surface area contributed by atoms with Gasteiger partial charge in [-0.15, -0.1) is 0 Å². The molecule has 98 valence electrons. The topological polar surface area (TPSA) is 17.1 Å². The fourth-order valence-electron chi connectivity index (χ4n) is 1.65. The molecule has 0 heterocycles. The third-order valence-electron chi connectivity index (χ3n) is 2.52. The van der Waals surface area contributed by atoms with Gasteiger partial charge in [0.25, 0.3) is 5.76 Å². The van der Waals surface area contributed by atoms with Crippen LogP contribution in [0.1, 0.15) is 10.4 Å². The molecule has 0 spiro atoms. The first-order valence-electron chi connectivity index (χ1n) is 5.40. The first kappa shape index (κ1) is 13.7. The molecule has 19 heavy (non-hydrogen) atoms. The van der Waals surface area contributed by atoms with Gasteiger partial charge in [-0.3, -0.25) is 4.79 Å². The zero-order chi connectivity index (χ0) is 13.8. The van der Waals surface area contributed by atoms with E-state index in [0.29, 0.717) is 34.1 Å². The van der Waals surface area contributed by atoms with E-state index in [9.17, 15) is 18.0 Å². The van der Waals surface area contributed by atoms with Crippen molar-refractivity contribution in [1.82, 2.24) is 0 Å². The van der Waals surface area contributed by atoms with Crippen molar-refractivity contribution < 1.29 is 18.0 Å². The second-order valence-corrected chi connectivity index (χ2v) is 4.82. The van der Waals surface area contributed by atoms with Crippen molar-refractivity contribution in [1.29, 1.82) is 0 Å². The summed E-state index contributed by atoms with van der Waals surface area (Å²) < 4.78 is 38.1. The molecule has 0 aliphatic rings. The van der Waals surface area contributed by atoms with Crippen LogP contribution in [0.4, 0.5) is 13.2 Å². The minimum absolute atomic E-state index is 0.256. The van der Waals surface area contributed by atoms with E-state index in [-0.39, 0.29) is 5.56 Å². The molecule has 0 aliphatic carbocycles. The van der Waals surface area contributed by atoms with E-state index >= 15 is 0 Å². The number of thioether (sulfide) groups is 1. The number of halogens is 3. The highest BCUT2D eigenvalue weighted by Crippen LogP contribution is 2.29. The zero-order valence-electron chi connectivity index (χ0n) is 9.65. The molecule has 0 aliphatic heterocycles. The Balaban J connectivity index is 2.29. The predicted octanol–water partition coefficient (Wildman–Crippen LogP) is 4.62. The SMILES string of the molecule is O=Cc1ccc(-c2ccc(SC(F)F)cc2)c(F)c1. The molecule has 0 fully saturated rings. The normalized spacial score (nSPS) is 10.7. The monoisotopic (exact) mass is 282 g/mol. The lowest BCUT2D eigenvalue weighted by atomic mass is 10.0. The predicted molar refractivity (Wildman–Crippen MR) is 69.1 cm³/mol. The van der Waals surface area contributed by atoms with E-state index in [1.165, 1.54) is 24.3 Å². The number of benzene rings is 2. The number of carbonyl (C=O) groups excluding carboxylic acids is 1. The molecule has 0 bridgehead atoms. The van der Waals surface area contributed by atoms with Gasteiger partial charge >= 0.3 is 0 Å². The highest BCUT2D eigenvalue weighted by atomic mass is 32.2. The van der Waals surface area contributed by atoms with Crippen LogP contribution in [0.3, 0.4) is 0 Å². The summed E-state index contributed by atoms with van der Waals surface area (Å²) in [5.74, 6) is -2.99. The van der Waals surface area contributed by atoms with Crippen molar-refractivity contribution in [3.8, 4) is 11.1 Å². The molecule has 0 saturated heterocycles. The van der Waals surface area contributed by atoms with Crippen LogP contribution in [0.5, 0.6) is 0 Å². The Morgan fingerprint density at radius 1 is 1.05 bits per heavy atom. The lowest BCUT2D eigenvalue weighted by Crippen LogP contribution is -1.88. The Morgan fingerprint density at radius 2 is 1.74 bits per heavy atom. The van der Waals surface area contributed by atoms with Gasteiger partial charge in [-0.2, -0.15) is 8.78 Å². The molecular formula is C14H9F3OS. The van der Waals surface area contributed by atoms with Gasteiger partial charge in [0.1, 0.15) is 12.1 Å². The summed E-state index contributed by atoms with van der Waals surface area (Å²) in [6.07, 6.45) is 0.565. The van der Waals surface area contributed by atoms with Gasteiger partial charge in [0.2, 0.25) is 0 Å². The van der Waals surface area contributed by atoms with Crippen LogP contribution in [0.2, 0.25) is 0 Å². The van der Waals surface area contributed by atoms with E-state index in [0.717, 1.165) is 6.07 Å². The molecular weight excluding hydrogens is 273 g/mol. The van der Waals surface area contributed by atoms with Gasteiger partial charge in [0, 0.05) is 16.0 Å². The average molecular weight is 282 g/mol. The Hall–Kier alpha value is -1.75. The summed E-state index contributed by atoms with van der Waals surface area (Å²) in [6, 6.07) is 10.3. The maximum atomic E-state index is 13.7. The molecule has 0 radical (unpaired) electrons. The molecule has 0 atom stereocenters. The maximum Gasteiger partial charge on any atom is 0.288 e. The van der Waals surface area contributed by atoms with E-state index in [1.807, 2.05) is 0 Å². The smallest absolute Gasteiger partial charge is 0.288 e. The number of alkyl halides is 2. The van der Waals surface area contributed by atoms with Gasteiger partial charge in [0.05, 0.1) is 0 Å². The second kappa shape index (κ2) is 5.93. The van der Waals surface area contributed by atoms with Crippen molar-refractivity contribution in [2.75, 3.05) is 0 Å². The number of hydrogen-bond donors (Lipinski definition) is 0. The largest absolute Gasteiger partial charge is 0.298 e. The molecule has 5 heteroatoms. The molecule has 2 rings (SSSR count). The Kier molecular flexibility index (Phi) is 4.27. The van der Waals surface area contributed by atoms with Crippen LogP contribution in [0, 0.1) is 5.82 Å². The van der Waals surface area contributed by atoms with E-state index in [4.69, 9.17) is 0 Å². The highest BCUT2D eigenvalue weighted by Gasteiger charge is 2.08. The lowest BCUT2D eigenvalue weighted by Gasteiger charge is -2.05. The third kappa shape index (κ3) is 3.38. The van der Waals surface area contributed by atoms with E-state index in [1.54, 1.807) is 12.1 Å². The first-order valence-corrected chi connectivity index (χ1v) is 6.28. The minimum atomic E-state index is -2.48. The summed E-state index contributed by atoms with van der Waals surface area (Å²) in [7, 11) is 0. The standard InChI is InChI=1S/C14H9F3OS/c15-13-7-9(8-18)1-6-12(13)10-2-4-11(5-3-10)19-14(16)17/h1-8,14H. The molecule has 0 aromatic heterocycles. The van der Waals surface area contributed by atoms with Crippen LogP contribution in [0.25, 0.3) is 11.1 Å². The molecule has 2 aromatic rings. The van der Waals surface area contributed by atoms with Crippen molar-refractivity contribution in [2.45, 2.75) is 10.7 Å². The van der Waals surface area contributed by atoms with Crippen molar-refractivity contribution in [2.24, 2.45) is 0 Å². The Morgan fingerprint density at radius 3 is 2.26 bits per heavy atom. The molecule has 1 nitrogen and oxygen atoms in total. The van der Waals surface area contributed by atoms with Crippen molar-refractivity contribution in [3.63, 3.8) is 0 Å². The lowest BCUT2D eigenvalue weighted by molar-refractivity contribution is 0.112. The molecule has 2 aromatic carbocycles. The molecule has 0 saturated carbocycles. The summed E-state index contributed by atoms with van der Waals surface area (Å²) in [5, 5.41) is 0. The number of hydrogen-bond acceptors (Lipinski definition) is 2. The second-order valence-electron chi connectivity index (χ2n) is 3.76. The summed E-state index contributed by atoms with van der Waals surface area (Å²) in [6.45, 7) is 0. The summed E-state index contributed by atoms with van der Waals surface area (Å²) in [4.78, 5) is 10.9. The van der Waals surface area contributed by atoms with Crippen LogP contribution in [-0.4, -0.2) is 12.0 Å². The molecule has 0 N–H and O–H groups in total. The Labute approximate surface area is 112 Å². The van der Waals surface area contributed by atoms with Crippen LogP contribution in [-0.2, 0) is 0 Å². The van der Waals surface area contributed by atoms with Crippen LogP contribution in [0.15, 0.2) is 47.4 Å². The Bertz CT molecular complexity index is 582. The number of rotatable bonds is 4. The number of carbonyl (C=O) groups is 1. The maximum absolute atomic E-state index is 13.7. The summed E-state index contributed by atoms with van der Waals surface area (Å²) in [5.41, 5.74) is 1.17.